The predicted octanol–water partition coefficient (Wildman–Crippen LogP) is 1.61. The van der Waals surface area contributed by atoms with Crippen molar-refractivity contribution in [2.45, 2.75) is 44.0 Å². The van der Waals surface area contributed by atoms with Crippen LogP contribution in [-0.4, -0.2) is 52.3 Å². The van der Waals surface area contributed by atoms with Crippen LogP contribution in [0.4, 0.5) is 0 Å². The van der Waals surface area contributed by atoms with Gasteiger partial charge in [0.25, 0.3) is 0 Å². The summed E-state index contributed by atoms with van der Waals surface area (Å²) in [7, 11) is 0. The minimum Gasteiger partial charge on any atom is -0.480 e. The Morgan fingerprint density at radius 2 is 2.17 bits per heavy atom. The van der Waals surface area contributed by atoms with Crippen LogP contribution in [0.1, 0.15) is 33.1 Å². The van der Waals surface area contributed by atoms with Gasteiger partial charge in [-0.15, -0.1) is 11.8 Å². The van der Waals surface area contributed by atoms with E-state index in [9.17, 15) is 4.79 Å². The third-order valence-electron chi connectivity index (χ3n) is 3.81. The van der Waals surface area contributed by atoms with Crippen molar-refractivity contribution in [1.82, 2.24) is 10.2 Å². The fourth-order valence-electron chi connectivity index (χ4n) is 2.89. The van der Waals surface area contributed by atoms with Gasteiger partial charge in [-0.1, -0.05) is 13.8 Å². The lowest BCUT2D eigenvalue weighted by molar-refractivity contribution is -0.140. The number of carboxylic acid groups (broad SMARTS) is 1. The summed E-state index contributed by atoms with van der Waals surface area (Å²) < 4.78 is 0. The van der Waals surface area contributed by atoms with E-state index in [-0.39, 0.29) is 10.9 Å². The molecule has 2 rings (SSSR count). The SMILES string of the molecule is CC(C)CN1CCC2(CC1)NC(C(=O)O)CCS2. The average Bonchev–Trinajstić information content (AvgIpc) is 2.32. The largest absolute Gasteiger partial charge is 0.480 e. The zero-order valence-corrected chi connectivity index (χ0v) is 12.1. The molecule has 2 fully saturated rings. The molecule has 2 aliphatic heterocycles. The van der Waals surface area contributed by atoms with Crippen LogP contribution in [0.25, 0.3) is 0 Å². The molecule has 18 heavy (non-hydrogen) atoms. The summed E-state index contributed by atoms with van der Waals surface area (Å²) in [5.74, 6) is 0.978. The molecule has 0 aromatic carbocycles. The number of thioether (sulfide) groups is 1. The third kappa shape index (κ3) is 3.39. The summed E-state index contributed by atoms with van der Waals surface area (Å²) in [6.45, 7) is 7.83. The van der Waals surface area contributed by atoms with Crippen LogP contribution in [0.15, 0.2) is 0 Å². The van der Waals surface area contributed by atoms with Gasteiger partial charge in [-0.3, -0.25) is 10.1 Å². The van der Waals surface area contributed by atoms with Gasteiger partial charge in [-0.25, -0.2) is 0 Å². The van der Waals surface area contributed by atoms with Crippen molar-refractivity contribution in [3.63, 3.8) is 0 Å². The highest BCUT2D eigenvalue weighted by Gasteiger charge is 2.41. The lowest BCUT2D eigenvalue weighted by Crippen LogP contribution is -2.59. The Bertz CT molecular complexity index is 301. The summed E-state index contributed by atoms with van der Waals surface area (Å²) in [6, 6.07) is -0.345. The fraction of sp³-hybridized carbons (Fsp3) is 0.923. The number of piperidine rings is 1. The standard InChI is InChI=1S/C13H24N2O2S/c1-10(2)9-15-6-4-13(5-7-15)14-11(12(16)17)3-8-18-13/h10-11,14H,3-9H2,1-2H3,(H,16,17). The van der Waals surface area contributed by atoms with Gasteiger partial charge in [0.05, 0.1) is 4.87 Å². The first-order valence-electron chi connectivity index (χ1n) is 6.87. The number of hydrogen-bond acceptors (Lipinski definition) is 4. The summed E-state index contributed by atoms with van der Waals surface area (Å²) in [5, 5.41) is 12.5. The van der Waals surface area contributed by atoms with Gasteiger partial charge in [0.1, 0.15) is 6.04 Å². The van der Waals surface area contributed by atoms with E-state index in [0.29, 0.717) is 5.92 Å². The van der Waals surface area contributed by atoms with Crippen LogP contribution < -0.4 is 5.32 Å². The smallest absolute Gasteiger partial charge is 0.320 e. The predicted molar refractivity (Wildman–Crippen MR) is 74.9 cm³/mol. The molecule has 104 valence electrons. The van der Waals surface area contributed by atoms with Crippen LogP contribution in [0, 0.1) is 5.92 Å². The van der Waals surface area contributed by atoms with E-state index in [1.807, 2.05) is 11.8 Å². The lowest BCUT2D eigenvalue weighted by Gasteiger charge is -2.46. The van der Waals surface area contributed by atoms with E-state index < -0.39 is 5.97 Å². The molecular formula is C13H24N2O2S. The Morgan fingerprint density at radius 3 is 2.72 bits per heavy atom. The van der Waals surface area contributed by atoms with Gasteiger partial charge in [-0.2, -0.15) is 0 Å². The molecule has 1 unspecified atom stereocenters. The Kier molecular flexibility index (Phi) is 4.56. The van der Waals surface area contributed by atoms with Gasteiger partial charge >= 0.3 is 5.97 Å². The second kappa shape index (κ2) is 5.80. The van der Waals surface area contributed by atoms with Gasteiger partial charge in [0.2, 0.25) is 0 Å². The molecular weight excluding hydrogens is 248 g/mol. The Morgan fingerprint density at radius 1 is 1.50 bits per heavy atom. The Balaban J connectivity index is 1.88. The van der Waals surface area contributed by atoms with Crippen LogP contribution >= 0.6 is 11.8 Å². The molecule has 0 aromatic heterocycles. The molecule has 0 aliphatic carbocycles. The highest BCUT2D eigenvalue weighted by atomic mass is 32.2. The topological polar surface area (TPSA) is 52.6 Å². The van der Waals surface area contributed by atoms with E-state index in [4.69, 9.17) is 5.11 Å². The third-order valence-corrected chi connectivity index (χ3v) is 5.33. The molecule has 0 amide bonds. The number of hydrogen-bond donors (Lipinski definition) is 2. The number of carbonyl (C=O) groups is 1. The molecule has 1 spiro atoms. The molecule has 0 aromatic rings. The number of likely N-dealkylation sites (tertiary alicyclic amines) is 1. The van der Waals surface area contributed by atoms with E-state index >= 15 is 0 Å². The molecule has 5 heteroatoms. The number of rotatable bonds is 3. The maximum atomic E-state index is 11.1. The molecule has 0 bridgehead atoms. The average molecular weight is 272 g/mol. The van der Waals surface area contributed by atoms with Crippen molar-refractivity contribution in [1.29, 1.82) is 0 Å². The molecule has 2 heterocycles. The first-order chi connectivity index (χ1) is 8.51. The lowest BCUT2D eigenvalue weighted by atomic mass is 10.0. The van der Waals surface area contributed by atoms with Crippen molar-refractivity contribution in [2.24, 2.45) is 5.92 Å². The summed E-state index contributed by atoms with van der Waals surface area (Å²) in [4.78, 5) is 13.6. The van der Waals surface area contributed by atoms with Crippen molar-refractivity contribution < 1.29 is 9.90 Å². The van der Waals surface area contributed by atoms with Crippen LogP contribution in [0.5, 0.6) is 0 Å². The van der Waals surface area contributed by atoms with E-state index in [2.05, 4.69) is 24.1 Å². The zero-order valence-electron chi connectivity index (χ0n) is 11.3. The van der Waals surface area contributed by atoms with Crippen LogP contribution in [0.2, 0.25) is 0 Å². The number of nitrogens with one attached hydrogen (secondary N) is 1. The highest BCUT2D eigenvalue weighted by molar-refractivity contribution is 8.00. The van der Waals surface area contributed by atoms with Crippen molar-refractivity contribution in [3.8, 4) is 0 Å². The second-order valence-electron chi connectivity index (χ2n) is 5.86. The minimum absolute atomic E-state index is 0.0226. The molecule has 0 radical (unpaired) electrons. The monoisotopic (exact) mass is 272 g/mol. The quantitative estimate of drug-likeness (QED) is 0.817. The molecule has 2 aliphatic rings. The maximum absolute atomic E-state index is 11.1. The molecule has 4 nitrogen and oxygen atoms in total. The maximum Gasteiger partial charge on any atom is 0.320 e. The number of aliphatic carboxylic acids is 1. The summed E-state index contributed by atoms with van der Waals surface area (Å²) >= 11 is 1.93. The van der Waals surface area contributed by atoms with Gasteiger partial charge in [0.15, 0.2) is 0 Å². The second-order valence-corrected chi connectivity index (χ2v) is 7.34. The Labute approximate surface area is 113 Å². The van der Waals surface area contributed by atoms with Crippen molar-refractivity contribution >= 4 is 17.7 Å². The summed E-state index contributed by atoms with van der Waals surface area (Å²) in [6.07, 6.45) is 2.87. The highest BCUT2D eigenvalue weighted by Crippen LogP contribution is 2.38. The first kappa shape index (κ1) is 14.2. The van der Waals surface area contributed by atoms with Gasteiger partial charge in [-0.05, 0) is 30.9 Å². The fourth-order valence-corrected chi connectivity index (χ4v) is 4.33. The first-order valence-corrected chi connectivity index (χ1v) is 7.86. The number of carboxylic acids is 1. The number of nitrogens with zero attached hydrogens (tertiary/aromatic N) is 1. The molecule has 2 saturated heterocycles. The van der Waals surface area contributed by atoms with Crippen molar-refractivity contribution in [2.75, 3.05) is 25.4 Å². The van der Waals surface area contributed by atoms with E-state index in [1.54, 1.807) is 0 Å². The minimum atomic E-state index is -0.695. The molecule has 0 saturated carbocycles. The van der Waals surface area contributed by atoms with Gasteiger partial charge < -0.3 is 10.0 Å². The molecule has 2 N–H and O–H groups in total. The Hall–Kier alpha value is -0.260. The van der Waals surface area contributed by atoms with Crippen LogP contribution in [-0.2, 0) is 4.79 Å². The van der Waals surface area contributed by atoms with Crippen LogP contribution in [0.3, 0.4) is 0 Å². The van der Waals surface area contributed by atoms with E-state index in [0.717, 1.165) is 44.6 Å². The van der Waals surface area contributed by atoms with Gasteiger partial charge in [0, 0.05) is 19.6 Å². The normalized spacial score (nSPS) is 28.7. The van der Waals surface area contributed by atoms with Crippen molar-refractivity contribution in [3.05, 3.63) is 0 Å². The summed E-state index contributed by atoms with van der Waals surface area (Å²) in [5.41, 5.74) is 0. The zero-order chi connectivity index (χ0) is 13.2. The van der Waals surface area contributed by atoms with E-state index in [1.165, 1.54) is 0 Å². The molecule has 1 atom stereocenters.